The van der Waals surface area contributed by atoms with E-state index in [0.717, 1.165) is 24.7 Å². The van der Waals surface area contributed by atoms with Crippen LogP contribution < -0.4 is 0 Å². The van der Waals surface area contributed by atoms with Crippen molar-refractivity contribution in [1.29, 1.82) is 0 Å². The van der Waals surface area contributed by atoms with Crippen molar-refractivity contribution in [3.05, 3.63) is 0 Å². The summed E-state index contributed by atoms with van der Waals surface area (Å²) in [5, 5.41) is 0. The van der Waals surface area contributed by atoms with Crippen LogP contribution in [0.4, 0.5) is 0 Å². The highest BCUT2D eigenvalue weighted by atomic mass is 16.7. The summed E-state index contributed by atoms with van der Waals surface area (Å²) in [6.45, 7) is 11.2. The summed E-state index contributed by atoms with van der Waals surface area (Å²) in [6.07, 6.45) is 6.98. The molecule has 1 heterocycles. The van der Waals surface area contributed by atoms with Crippen LogP contribution in [0, 0.1) is 11.8 Å². The number of hydrogen-bond donors (Lipinski definition) is 0. The molecule has 1 aliphatic heterocycles. The highest BCUT2D eigenvalue weighted by Gasteiger charge is 2.57. The topological polar surface area (TPSA) is 38.8 Å². The van der Waals surface area contributed by atoms with Crippen LogP contribution in [0.2, 0.25) is 0 Å². The lowest BCUT2D eigenvalue weighted by atomic mass is 9.92. The molecule has 20 heavy (non-hydrogen) atoms. The Morgan fingerprint density at radius 3 is 2.45 bits per heavy atom. The maximum absolute atomic E-state index is 11.6. The van der Waals surface area contributed by atoms with Crippen LogP contribution in [0.5, 0.6) is 0 Å². The van der Waals surface area contributed by atoms with Gasteiger partial charge in [0, 0.05) is 0 Å². The number of carbonyl (C=O) groups excluding carboxylic acids is 1. The average Bonchev–Trinajstić information content (AvgIpc) is 3.01. The van der Waals surface area contributed by atoms with Crippen LogP contribution >= 0.6 is 0 Å². The normalized spacial score (nSPS) is 26.6. The molecule has 0 N–H and O–H groups in total. The molecule has 1 fully saturated rings. The predicted molar refractivity (Wildman–Crippen MR) is 81.6 cm³/mol. The smallest absolute Gasteiger partial charge is 0.338 e. The first-order valence-electron chi connectivity index (χ1n) is 8.23. The monoisotopic (exact) mass is 284 g/mol. The van der Waals surface area contributed by atoms with Gasteiger partial charge in [-0.15, -0.1) is 0 Å². The number of ether oxygens (including phenoxy) is 2. The molecular formula is C17H32O3. The molecule has 0 aromatic rings. The van der Waals surface area contributed by atoms with Gasteiger partial charge in [-0.1, -0.05) is 52.9 Å². The molecule has 3 unspecified atom stereocenters. The maximum atomic E-state index is 11.6. The highest BCUT2D eigenvalue weighted by Crippen LogP contribution is 2.41. The van der Waals surface area contributed by atoms with E-state index in [2.05, 4.69) is 20.8 Å². The van der Waals surface area contributed by atoms with Gasteiger partial charge in [0.15, 0.2) is 6.10 Å². The van der Waals surface area contributed by atoms with E-state index in [-0.39, 0.29) is 17.7 Å². The standard InChI is InChI=1S/C17H32O3/c1-6-19-16(18)15-17(5,20-15)12-8-11-14(4)10-7-9-13(2)3/h13-15H,6-12H2,1-5H3. The fourth-order valence-electron chi connectivity index (χ4n) is 2.76. The molecule has 1 rings (SSSR count). The van der Waals surface area contributed by atoms with Crippen molar-refractivity contribution in [2.24, 2.45) is 11.8 Å². The van der Waals surface area contributed by atoms with Crippen molar-refractivity contribution in [3.63, 3.8) is 0 Å². The Hall–Kier alpha value is -0.570. The Labute approximate surface area is 124 Å². The van der Waals surface area contributed by atoms with E-state index in [1.165, 1.54) is 25.7 Å². The minimum absolute atomic E-state index is 0.194. The summed E-state index contributed by atoms with van der Waals surface area (Å²) < 4.78 is 10.5. The van der Waals surface area contributed by atoms with Crippen LogP contribution in [-0.4, -0.2) is 24.3 Å². The zero-order valence-corrected chi connectivity index (χ0v) is 13.9. The lowest BCUT2D eigenvalue weighted by Crippen LogP contribution is -2.20. The number of rotatable bonds is 10. The van der Waals surface area contributed by atoms with E-state index in [4.69, 9.17) is 9.47 Å². The van der Waals surface area contributed by atoms with Gasteiger partial charge in [0.2, 0.25) is 0 Å². The van der Waals surface area contributed by atoms with Gasteiger partial charge >= 0.3 is 5.97 Å². The summed E-state index contributed by atoms with van der Waals surface area (Å²) in [4.78, 5) is 11.6. The van der Waals surface area contributed by atoms with Gasteiger partial charge in [-0.3, -0.25) is 0 Å². The molecule has 0 saturated carbocycles. The van der Waals surface area contributed by atoms with Gasteiger partial charge in [-0.25, -0.2) is 4.79 Å². The number of hydrogen-bond acceptors (Lipinski definition) is 3. The average molecular weight is 284 g/mol. The lowest BCUT2D eigenvalue weighted by molar-refractivity contribution is -0.144. The summed E-state index contributed by atoms with van der Waals surface area (Å²) in [6, 6.07) is 0. The van der Waals surface area contributed by atoms with Gasteiger partial charge < -0.3 is 9.47 Å². The summed E-state index contributed by atoms with van der Waals surface area (Å²) in [5.41, 5.74) is -0.260. The van der Waals surface area contributed by atoms with Crippen molar-refractivity contribution >= 4 is 5.97 Å². The summed E-state index contributed by atoms with van der Waals surface area (Å²) in [5.74, 6) is 1.39. The maximum Gasteiger partial charge on any atom is 0.338 e. The molecule has 0 aliphatic carbocycles. The number of esters is 1. The zero-order valence-electron chi connectivity index (χ0n) is 13.9. The minimum atomic E-state index is -0.321. The van der Waals surface area contributed by atoms with Crippen molar-refractivity contribution < 1.29 is 14.3 Å². The largest absolute Gasteiger partial charge is 0.464 e. The molecule has 0 bridgehead atoms. The van der Waals surface area contributed by atoms with E-state index < -0.39 is 0 Å². The van der Waals surface area contributed by atoms with Gasteiger partial charge in [0.25, 0.3) is 0 Å². The molecule has 3 nitrogen and oxygen atoms in total. The van der Waals surface area contributed by atoms with Crippen molar-refractivity contribution in [2.45, 2.75) is 84.8 Å². The second-order valence-electron chi connectivity index (χ2n) is 6.88. The van der Waals surface area contributed by atoms with Crippen molar-refractivity contribution in [2.75, 3.05) is 6.61 Å². The van der Waals surface area contributed by atoms with Gasteiger partial charge in [0.1, 0.15) is 5.60 Å². The first kappa shape index (κ1) is 17.5. The van der Waals surface area contributed by atoms with Gasteiger partial charge in [0.05, 0.1) is 6.61 Å². The van der Waals surface area contributed by atoms with E-state index in [9.17, 15) is 4.79 Å². The molecule has 1 aliphatic rings. The molecule has 0 spiro atoms. The zero-order chi connectivity index (χ0) is 15.2. The fraction of sp³-hybridized carbons (Fsp3) is 0.941. The molecule has 0 amide bonds. The molecule has 0 aromatic carbocycles. The third-order valence-electron chi connectivity index (χ3n) is 4.23. The molecule has 118 valence electrons. The van der Waals surface area contributed by atoms with Gasteiger partial charge in [-0.2, -0.15) is 0 Å². The SMILES string of the molecule is CCOC(=O)C1OC1(C)CCCC(C)CCCC(C)C. The molecule has 1 saturated heterocycles. The Morgan fingerprint density at radius 2 is 1.85 bits per heavy atom. The van der Waals surface area contributed by atoms with Crippen LogP contribution in [0.25, 0.3) is 0 Å². The lowest BCUT2D eigenvalue weighted by Gasteiger charge is -2.13. The minimum Gasteiger partial charge on any atom is -0.464 e. The Bertz CT molecular complexity index is 301. The molecular weight excluding hydrogens is 252 g/mol. The van der Waals surface area contributed by atoms with Crippen molar-refractivity contribution in [1.82, 2.24) is 0 Å². The first-order chi connectivity index (χ1) is 9.39. The number of epoxide rings is 1. The summed E-state index contributed by atoms with van der Waals surface area (Å²) in [7, 11) is 0. The number of carbonyl (C=O) groups is 1. The Morgan fingerprint density at radius 1 is 1.20 bits per heavy atom. The Balaban J connectivity index is 2.11. The van der Waals surface area contributed by atoms with Crippen LogP contribution in [0.1, 0.15) is 73.1 Å². The van der Waals surface area contributed by atoms with E-state index in [1.54, 1.807) is 0 Å². The van der Waals surface area contributed by atoms with E-state index in [1.807, 2.05) is 13.8 Å². The Kier molecular flexibility index (Phi) is 7.01. The quantitative estimate of drug-likeness (QED) is 0.442. The molecule has 3 atom stereocenters. The molecule has 0 aromatic heterocycles. The first-order valence-corrected chi connectivity index (χ1v) is 8.23. The van der Waals surface area contributed by atoms with Crippen LogP contribution in [-0.2, 0) is 14.3 Å². The van der Waals surface area contributed by atoms with Gasteiger partial charge in [-0.05, 0) is 32.1 Å². The van der Waals surface area contributed by atoms with E-state index >= 15 is 0 Å². The van der Waals surface area contributed by atoms with Crippen molar-refractivity contribution in [3.8, 4) is 0 Å². The fourth-order valence-corrected chi connectivity index (χ4v) is 2.76. The van der Waals surface area contributed by atoms with E-state index in [0.29, 0.717) is 6.61 Å². The van der Waals surface area contributed by atoms with Crippen LogP contribution in [0.3, 0.4) is 0 Å². The third-order valence-corrected chi connectivity index (χ3v) is 4.23. The predicted octanol–water partition coefficient (Wildman–Crippen LogP) is 4.34. The molecule has 0 radical (unpaired) electrons. The summed E-state index contributed by atoms with van der Waals surface area (Å²) >= 11 is 0. The second kappa shape index (κ2) is 8.02. The highest BCUT2D eigenvalue weighted by molar-refractivity contribution is 5.79. The molecule has 3 heteroatoms. The van der Waals surface area contributed by atoms with Crippen LogP contribution in [0.15, 0.2) is 0 Å². The second-order valence-corrected chi connectivity index (χ2v) is 6.88. The third kappa shape index (κ3) is 5.82.